The molecule has 0 radical (unpaired) electrons. The quantitative estimate of drug-likeness (QED) is 0.786. The smallest absolute Gasteiger partial charge is 0.0661 e. The van der Waals surface area contributed by atoms with Gasteiger partial charge in [0.15, 0.2) is 0 Å². The van der Waals surface area contributed by atoms with E-state index < -0.39 is 0 Å². The van der Waals surface area contributed by atoms with Crippen LogP contribution in [0.4, 0.5) is 17.1 Å². The Kier molecular flexibility index (Phi) is 3.60. The summed E-state index contributed by atoms with van der Waals surface area (Å²) in [5.74, 6) is 0. The topological polar surface area (TPSA) is 38.0 Å². The van der Waals surface area contributed by atoms with Crippen LogP contribution in [0.15, 0.2) is 40.9 Å². The average Bonchev–Trinajstić information content (AvgIpc) is 2.28. The maximum absolute atomic E-state index is 6.11. The summed E-state index contributed by atoms with van der Waals surface area (Å²) in [7, 11) is 0. The summed E-state index contributed by atoms with van der Waals surface area (Å²) in [6.07, 6.45) is 0. The van der Waals surface area contributed by atoms with Crippen LogP contribution in [0.2, 0.25) is 5.02 Å². The summed E-state index contributed by atoms with van der Waals surface area (Å²) in [5.41, 5.74) is 9.30. The number of nitrogen functional groups attached to an aromatic ring is 1. The summed E-state index contributed by atoms with van der Waals surface area (Å²) in [6.45, 7) is 2.04. The molecule has 4 heteroatoms. The predicted molar refractivity (Wildman–Crippen MR) is 78.0 cm³/mol. The molecule has 3 N–H and O–H groups in total. The van der Waals surface area contributed by atoms with E-state index in [1.165, 1.54) is 5.56 Å². The van der Waals surface area contributed by atoms with Crippen molar-refractivity contribution in [3.05, 3.63) is 51.5 Å². The van der Waals surface area contributed by atoms with Crippen LogP contribution in [0, 0.1) is 6.92 Å². The molecule has 0 spiro atoms. The molecule has 2 nitrogen and oxygen atoms in total. The Balaban J connectivity index is 2.35. The molecule has 88 valence electrons. The highest BCUT2D eigenvalue weighted by Crippen LogP contribution is 2.32. The maximum atomic E-state index is 6.11. The first-order valence-electron chi connectivity index (χ1n) is 5.15. The number of hydrogen-bond donors (Lipinski definition) is 2. The zero-order valence-electron chi connectivity index (χ0n) is 9.30. The van der Waals surface area contributed by atoms with E-state index in [0.717, 1.165) is 15.8 Å². The van der Waals surface area contributed by atoms with E-state index in [0.29, 0.717) is 10.7 Å². The molecule has 0 saturated carbocycles. The summed E-state index contributed by atoms with van der Waals surface area (Å²) in [6, 6.07) is 11.4. The summed E-state index contributed by atoms with van der Waals surface area (Å²) in [4.78, 5) is 0. The number of hydrogen-bond acceptors (Lipinski definition) is 2. The van der Waals surface area contributed by atoms with Crippen LogP contribution in [-0.2, 0) is 0 Å². The Labute approximate surface area is 114 Å². The Morgan fingerprint density at radius 2 is 1.94 bits per heavy atom. The molecule has 0 aliphatic carbocycles. The molecule has 0 aliphatic heterocycles. The first-order chi connectivity index (χ1) is 8.08. The van der Waals surface area contributed by atoms with Gasteiger partial charge in [0, 0.05) is 10.2 Å². The third kappa shape index (κ3) is 2.73. The molecule has 0 amide bonds. The lowest BCUT2D eigenvalue weighted by Crippen LogP contribution is -1.94. The second-order valence-corrected chi connectivity index (χ2v) is 5.00. The van der Waals surface area contributed by atoms with Crippen molar-refractivity contribution >= 4 is 44.6 Å². The highest BCUT2D eigenvalue weighted by Gasteiger charge is 2.05. The molecule has 0 unspecified atom stereocenters. The largest absolute Gasteiger partial charge is 0.399 e. The van der Waals surface area contributed by atoms with Crippen molar-refractivity contribution in [3.8, 4) is 0 Å². The highest BCUT2D eigenvalue weighted by atomic mass is 79.9. The van der Waals surface area contributed by atoms with Gasteiger partial charge in [-0.3, -0.25) is 0 Å². The fraction of sp³-hybridized carbons (Fsp3) is 0.0769. The molecule has 2 aromatic rings. The number of nitrogens with one attached hydrogen (secondary N) is 1. The fourth-order valence-electron chi connectivity index (χ4n) is 1.52. The van der Waals surface area contributed by atoms with Crippen LogP contribution in [0.25, 0.3) is 0 Å². The van der Waals surface area contributed by atoms with Crippen molar-refractivity contribution in [2.75, 3.05) is 11.1 Å². The van der Waals surface area contributed by atoms with E-state index >= 15 is 0 Å². The molecule has 0 fully saturated rings. The van der Waals surface area contributed by atoms with Crippen molar-refractivity contribution < 1.29 is 0 Å². The van der Waals surface area contributed by atoms with Crippen molar-refractivity contribution in [1.82, 2.24) is 0 Å². The lowest BCUT2D eigenvalue weighted by atomic mass is 10.2. The molecular weight excluding hydrogens is 300 g/mol. The summed E-state index contributed by atoms with van der Waals surface area (Å²) >= 11 is 9.66. The summed E-state index contributed by atoms with van der Waals surface area (Å²) in [5, 5.41) is 3.88. The molecule has 0 bridgehead atoms. The van der Waals surface area contributed by atoms with E-state index in [2.05, 4.69) is 21.2 Å². The number of rotatable bonds is 2. The Morgan fingerprint density at radius 1 is 1.18 bits per heavy atom. The summed E-state index contributed by atoms with van der Waals surface area (Å²) < 4.78 is 1.04. The molecule has 17 heavy (non-hydrogen) atoms. The van der Waals surface area contributed by atoms with Crippen molar-refractivity contribution in [2.45, 2.75) is 6.92 Å². The van der Waals surface area contributed by atoms with Gasteiger partial charge in [-0.05, 0) is 52.7 Å². The molecule has 2 rings (SSSR count). The maximum Gasteiger partial charge on any atom is 0.0661 e. The van der Waals surface area contributed by atoms with E-state index in [9.17, 15) is 0 Å². The predicted octanol–water partition coefficient (Wildman–Crippen LogP) is 4.74. The molecule has 0 aliphatic rings. The SMILES string of the molecule is Cc1cccc(Nc2ccc(N)cc2Cl)c1Br. The normalized spacial score (nSPS) is 10.3. The van der Waals surface area contributed by atoms with E-state index in [1.807, 2.05) is 37.3 Å². The molecule has 2 aromatic carbocycles. The Bertz CT molecular complexity index is 555. The van der Waals surface area contributed by atoms with E-state index in [1.54, 1.807) is 6.07 Å². The van der Waals surface area contributed by atoms with Gasteiger partial charge in [0.25, 0.3) is 0 Å². The van der Waals surface area contributed by atoms with E-state index in [4.69, 9.17) is 17.3 Å². The zero-order valence-corrected chi connectivity index (χ0v) is 11.6. The lowest BCUT2D eigenvalue weighted by molar-refractivity contribution is 1.41. The average molecular weight is 312 g/mol. The minimum atomic E-state index is 0.610. The number of nitrogens with two attached hydrogens (primary N) is 1. The van der Waals surface area contributed by atoms with Gasteiger partial charge < -0.3 is 11.1 Å². The molecule has 0 atom stereocenters. The van der Waals surface area contributed by atoms with Gasteiger partial charge >= 0.3 is 0 Å². The van der Waals surface area contributed by atoms with E-state index in [-0.39, 0.29) is 0 Å². The number of benzene rings is 2. The van der Waals surface area contributed by atoms with Crippen LogP contribution in [0.1, 0.15) is 5.56 Å². The van der Waals surface area contributed by atoms with Crippen LogP contribution < -0.4 is 11.1 Å². The molecule has 0 heterocycles. The van der Waals surface area contributed by atoms with Gasteiger partial charge in [-0.25, -0.2) is 0 Å². The Morgan fingerprint density at radius 3 is 2.65 bits per heavy atom. The van der Waals surface area contributed by atoms with Gasteiger partial charge in [-0.1, -0.05) is 23.7 Å². The first-order valence-corrected chi connectivity index (χ1v) is 6.32. The fourth-order valence-corrected chi connectivity index (χ4v) is 2.12. The second-order valence-electron chi connectivity index (χ2n) is 3.80. The number of halogens is 2. The van der Waals surface area contributed by atoms with Gasteiger partial charge in [0.05, 0.1) is 16.4 Å². The Hall–Kier alpha value is -1.19. The van der Waals surface area contributed by atoms with Gasteiger partial charge in [-0.15, -0.1) is 0 Å². The number of aryl methyl sites for hydroxylation is 1. The number of anilines is 3. The third-order valence-corrected chi connectivity index (χ3v) is 3.82. The van der Waals surface area contributed by atoms with Crippen molar-refractivity contribution in [3.63, 3.8) is 0 Å². The van der Waals surface area contributed by atoms with Gasteiger partial charge in [-0.2, -0.15) is 0 Å². The van der Waals surface area contributed by atoms with Crippen LogP contribution in [0.3, 0.4) is 0 Å². The molecular formula is C13H12BrClN2. The van der Waals surface area contributed by atoms with Crippen LogP contribution in [0.5, 0.6) is 0 Å². The molecule has 0 saturated heterocycles. The minimum Gasteiger partial charge on any atom is -0.399 e. The monoisotopic (exact) mass is 310 g/mol. The van der Waals surface area contributed by atoms with Crippen molar-refractivity contribution in [2.24, 2.45) is 0 Å². The van der Waals surface area contributed by atoms with Crippen LogP contribution >= 0.6 is 27.5 Å². The third-order valence-electron chi connectivity index (χ3n) is 2.45. The van der Waals surface area contributed by atoms with Crippen LogP contribution in [-0.4, -0.2) is 0 Å². The minimum absolute atomic E-state index is 0.610. The first kappa shape index (κ1) is 12.3. The second kappa shape index (κ2) is 4.98. The zero-order chi connectivity index (χ0) is 12.4. The van der Waals surface area contributed by atoms with Gasteiger partial charge in [0.1, 0.15) is 0 Å². The standard InChI is InChI=1S/C13H12BrClN2/c1-8-3-2-4-12(13(8)14)17-11-6-5-9(16)7-10(11)15/h2-7,17H,16H2,1H3. The lowest BCUT2D eigenvalue weighted by Gasteiger charge is -2.12. The van der Waals surface area contributed by atoms with Gasteiger partial charge in [0.2, 0.25) is 0 Å². The molecule has 0 aromatic heterocycles. The highest BCUT2D eigenvalue weighted by molar-refractivity contribution is 9.10. The van der Waals surface area contributed by atoms with Crippen molar-refractivity contribution in [1.29, 1.82) is 0 Å².